The van der Waals surface area contributed by atoms with E-state index in [1.54, 1.807) is 4.90 Å². The number of carbonyl (C=O) groups excluding carboxylic acids is 1. The third-order valence-electron chi connectivity index (χ3n) is 4.18. The molecule has 1 aromatic rings. The maximum Gasteiger partial charge on any atom is 0.321 e. The lowest BCUT2D eigenvalue weighted by Crippen LogP contribution is -2.49. The molecular formula is C15H19N3O3. The van der Waals surface area contributed by atoms with Crippen molar-refractivity contribution in [2.24, 2.45) is 0 Å². The molecule has 6 nitrogen and oxygen atoms in total. The lowest BCUT2D eigenvalue weighted by Gasteiger charge is -2.29. The van der Waals surface area contributed by atoms with Gasteiger partial charge >= 0.3 is 12.0 Å². The van der Waals surface area contributed by atoms with E-state index in [9.17, 15) is 14.7 Å². The molecule has 2 unspecified atom stereocenters. The fourth-order valence-corrected chi connectivity index (χ4v) is 3.16. The number of carbonyl (C=O) groups is 2. The van der Waals surface area contributed by atoms with Crippen molar-refractivity contribution in [2.45, 2.75) is 18.5 Å². The van der Waals surface area contributed by atoms with Crippen LogP contribution in [0.15, 0.2) is 30.3 Å². The van der Waals surface area contributed by atoms with Gasteiger partial charge in [-0.3, -0.25) is 4.79 Å². The van der Waals surface area contributed by atoms with Crippen molar-refractivity contribution < 1.29 is 14.7 Å². The van der Waals surface area contributed by atoms with E-state index in [1.165, 1.54) is 0 Å². The number of hydrogen-bond acceptors (Lipinski definition) is 3. The molecule has 3 rings (SSSR count). The van der Waals surface area contributed by atoms with Gasteiger partial charge in [-0.25, -0.2) is 4.79 Å². The van der Waals surface area contributed by atoms with E-state index in [1.807, 2.05) is 35.2 Å². The Bertz CT molecular complexity index is 534. The molecule has 1 aromatic carbocycles. The fourth-order valence-electron chi connectivity index (χ4n) is 3.16. The summed E-state index contributed by atoms with van der Waals surface area (Å²) in [4.78, 5) is 27.3. The standard InChI is InChI=1S/C15H19N3O3/c19-14(20)8-13(11-4-2-1-3-5-11)18-10-12-9-16-6-7-17(12)15(18)21/h1-5,12-13,16H,6-10H2,(H,19,20). The molecule has 2 aliphatic heterocycles. The zero-order valence-electron chi connectivity index (χ0n) is 11.7. The molecule has 0 spiro atoms. The van der Waals surface area contributed by atoms with Crippen molar-refractivity contribution in [3.63, 3.8) is 0 Å². The summed E-state index contributed by atoms with van der Waals surface area (Å²) >= 11 is 0. The van der Waals surface area contributed by atoms with Crippen molar-refractivity contribution in [3.8, 4) is 0 Å². The number of piperazine rings is 1. The Morgan fingerprint density at radius 3 is 2.81 bits per heavy atom. The minimum absolute atomic E-state index is 0.0448. The summed E-state index contributed by atoms with van der Waals surface area (Å²) in [6.45, 7) is 2.84. The molecule has 2 heterocycles. The predicted molar refractivity (Wildman–Crippen MR) is 76.9 cm³/mol. The van der Waals surface area contributed by atoms with Gasteiger partial charge in [0.2, 0.25) is 0 Å². The number of carboxylic acids is 1. The quantitative estimate of drug-likeness (QED) is 0.864. The summed E-state index contributed by atoms with van der Waals surface area (Å²) < 4.78 is 0. The second-order valence-corrected chi connectivity index (χ2v) is 5.51. The molecule has 2 atom stereocenters. The minimum atomic E-state index is -0.889. The van der Waals surface area contributed by atoms with Gasteiger partial charge in [-0.15, -0.1) is 0 Å². The van der Waals surface area contributed by atoms with Crippen LogP contribution in [-0.4, -0.2) is 59.1 Å². The van der Waals surface area contributed by atoms with Gasteiger partial charge in [-0.1, -0.05) is 30.3 Å². The third kappa shape index (κ3) is 2.71. The molecule has 0 saturated carbocycles. The van der Waals surface area contributed by atoms with Gasteiger partial charge in [0.1, 0.15) is 0 Å². The van der Waals surface area contributed by atoms with E-state index in [-0.39, 0.29) is 18.5 Å². The lowest BCUT2D eigenvalue weighted by molar-refractivity contribution is -0.138. The largest absolute Gasteiger partial charge is 0.481 e. The van der Waals surface area contributed by atoms with E-state index in [2.05, 4.69) is 5.32 Å². The number of hydrogen-bond donors (Lipinski definition) is 2. The van der Waals surface area contributed by atoms with Crippen LogP contribution in [0.3, 0.4) is 0 Å². The van der Waals surface area contributed by atoms with Crippen LogP contribution >= 0.6 is 0 Å². The summed E-state index contributed by atoms with van der Waals surface area (Å²) in [6, 6.07) is 9.11. The summed E-state index contributed by atoms with van der Waals surface area (Å²) in [5, 5.41) is 12.5. The van der Waals surface area contributed by atoms with Crippen molar-refractivity contribution in [1.29, 1.82) is 0 Å². The van der Waals surface area contributed by atoms with Crippen molar-refractivity contribution in [2.75, 3.05) is 26.2 Å². The molecule has 0 radical (unpaired) electrons. The Kier molecular flexibility index (Phi) is 3.79. The maximum atomic E-state index is 12.6. The van der Waals surface area contributed by atoms with Crippen molar-refractivity contribution in [3.05, 3.63) is 35.9 Å². The van der Waals surface area contributed by atoms with E-state index in [4.69, 9.17) is 0 Å². The first-order chi connectivity index (χ1) is 10.2. The highest BCUT2D eigenvalue weighted by molar-refractivity contribution is 5.79. The van der Waals surface area contributed by atoms with Crippen LogP contribution in [0.2, 0.25) is 0 Å². The number of fused-ring (bicyclic) bond motifs is 1. The van der Waals surface area contributed by atoms with Gasteiger partial charge in [-0.05, 0) is 5.56 Å². The monoisotopic (exact) mass is 289 g/mol. The first-order valence-corrected chi connectivity index (χ1v) is 7.21. The summed E-state index contributed by atoms with van der Waals surface area (Å²) in [7, 11) is 0. The Labute approximate surface area is 123 Å². The Hall–Kier alpha value is -2.08. The first-order valence-electron chi connectivity index (χ1n) is 7.21. The topological polar surface area (TPSA) is 72.9 Å². The van der Waals surface area contributed by atoms with Crippen LogP contribution in [0.25, 0.3) is 0 Å². The smallest absolute Gasteiger partial charge is 0.321 e. The van der Waals surface area contributed by atoms with E-state index in [0.29, 0.717) is 13.1 Å². The molecular weight excluding hydrogens is 270 g/mol. The number of aliphatic carboxylic acids is 1. The highest BCUT2D eigenvalue weighted by Gasteiger charge is 2.42. The van der Waals surface area contributed by atoms with Crippen LogP contribution in [0.1, 0.15) is 18.0 Å². The molecule has 0 aliphatic carbocycles. The minimum Gasteiger partial charge on any atom is -0.481 e. The van der Waals surface area contributed by atoms with Crippen LogP contribution < -0.4 is 5.32 Å². The average Bonchev–Trinajstić information content (AvgIpc) is 2.83. The lowest BCUT2D eigenvalue weighted by atomic mass is 10.0. The first kappa shape index (κ1) is 13.9. The van der Waals surface area contributed by atoms with Gasteiger partial charge in [0.25, 0.3) is 0 Å². The van der Waals surface area contributed by atoms with Crippen LogP contribution in [0, 0.1) is 0 Å². The van der Waals surface area contributed by atoms with Gasteiger partial charge in [-0.2, -0.15) is 0 Å². The van der Waals surface area contributed by atoms with Gasteiger partial charge in [0, 0.05) is 26.2 Å². The molecule has 0 bridgehead atoms. The Balaban J connectivity index is 1.86. The Morgan fingerprint density at radius 1 is 1.38 bits per heavy atom. The van der Waals surface area contributed by atoms with Crippen molar-refractivity contribution >= 4 is 12.0 Å². The van der Waals surface area contributed by atoms with E-state index in [0.717, 1.165) is 18.7 Å². The number of nitrogens with zero attached hydrogens (tertiary/aromatic N) is 2. The Morgan fingerprint density at radius 2 is 2.14 bits per heavy atom. The number of carboxylic acid groups (broad SMARTS) is 1. The molecule has 112 valence electrons. The van der Waals surface area contributed by atoms with Gasteiger partial charge < -0.3 is 20.2 Å². The molecule has 21 heavy (non-hydrogen) atoms. The van der Waals surface area contributed by atoms with Crippen LogP contribution in [0.5, 0.6) is 0 Å². The van der Waals surface area contributed by atoms with Crippen LogP contribution in [0.4, 0.5) is 4.79 Å². The highest BCUT2D eigenvalue weighted by Crippen LogP contribution is 2.30. The second-order valence-electron chi connectivity index (χ2n) is 5.51. The van der Waals surface area contributed by atoms with E-state index >= 15 is 0 Å². The average molecular weight is 289 g/mol. The maximum absolute atomic E-state index is 12.6. The molecule has 2 amide bonds. The molecule has 0 aromatic heterocycles. The van der Waals surface area contributed by atoms with Crippen molar-refractivity contribution in [1.82, 2.24) is 15.1 Å². The summed E-state index contributed by atoms with van der Waals surface area (Å²) in [6.07, 6.45) is -0.0657. The number of amides is 2. The van der Waals surface area contributed by atoms with Gasteiger partial charge in [0.15, 0.2) is 0 Å². The number of benzene rings is 1. The zero-order chi connectivity index (χ0) is 14.8. The van der Waals surface area contributed by atoms with E-state index < -0.39 is 12.0 Å². The van der Waals surface area contributed by atoms with Gasteiger partial charge in [0.05, 0.1) is 18.5 Å². The molecule has 6 heteroatoms. The summed E-state index contributed by atoms with van der Waals surface area (Å²) in [5.74, 6) is -0.889. The number of rotatable bonds is 4. The second kappa shape index (κ2) is 5.73. The van der Waals surface area contributed by atoms with Crippen LogP contribution in [-0.2, 0) is 4.79 Å². The summed E-state index contributed by atoms with van der Waals surface area (Å²) in [5.41, 5.74) is 0.876. The normalized spacial score (nSPS) is 23.0. The SMILES string of the molecule is O=C(O)CC(c1ccccc1)N1CC2CNCCN2C1=O. The highest BCUT2D eigenvalue weighted by atomic mass is 16.4. The molecule has 2 N–H and O–H groups in total. The molecule has 2 saturated heterocycles. The molecule has 2 fully saturated rings. The zero-order valence-corrected chi connectivity index (χ0v) is 11.7. The molecule has 2 aliphatic rings. The number of nitrogens with one attached hydrogen (secondary N) is 1. The third-order valence-corrected chi connectivity index (χ3v) is 4.18. The number of urea groups is 1. The fraction of sp³-hybridized carbons (Fsp3) is 0.467. The predicted octanol–water partition coefficient (Wildman–Crippen LogP) is 0.912.